The number of azide groups is 1. The van der Waals surface area contributed by atoms with Crippen molar-refractivity contribution < 1.29 is 9.53 Å². The molecule has 0 aliphatic carbocycles. The zero-order valence-corrected chi connectivity index (χ0v) is 9.10. The van der Waals surface area contributed by atoms with Crippen LogP contribution in [0.3, 0.4) is 0 Å². The van der Waals surface area contributed by atoms with Gasteiger partial charge in [-0.05, 0) is 37.6 Å². The first-order valence-electron chi connectivity index (χ1n) is 4.93. The molecule has 5 nitrogen and oxygen atoms in total. The minimum atomic E-state index is -0.468. The van der Waals surface area contributed by atoms with E-state index in [1.807, 2.05) is 13.8 Å². The van der Waals surface area contributed by atoms with Gasteiger partial charge in [-0.3, -0.25) is 4.79 Å². The molecule has 0 saturated heterocycles. The molecule has 0 aromatic heterocycles. The lowest BCUT2D eigenvalue weighted by molar-refractivity contribution is 0.0620. The number of hydrogen-bond donors (Lipinski definition) is 0. The van der Waals surface area contributed by atoms with Gasteiger partial charge in [0, 0.05) is 10.6 Å². The van der Waals surface area contributed by atoms with E-state index in [9.17, 15) is 4.79 Å². The molecule has 0 atom stereocenters. The molecule has 0 bridgehead atoms. The molecule has 0 unspecified atom stereocenters. The topological polar surface area (TPSA) is 75.1 Å². The Morgan fingerprint density at radius 3 is 2.94 bits per heavy atom. The van der Waals surface area contributed by atoms with Crippen LogP contribution in [0.1, 0.15) is 30.6 Å². The molecule has 0 amide bonds. The van der Waals surface area contributed by atoms with Crippen LogP contribution in [0.25, 0.3) is 10.4 Å². The molecule has 1 aromatic carbocycles. The SMILES string of the molecule is CC1(C)CC(=O)c2cc(N=[N+]=[N-])ccc2O1. The van der Waals surface area contributed by atoms with Crippen LogP contribution in [0.4, 0.5) is 5.69 Å². The molecular formula is C11H11N3O2. The zero-order valence-electron chi connectivity index (χ0n) is 9.10. The maximum atomic E-state index is 11.8. The summed E-state index contributed by atoms with van der Waals surface area (Å²) in [6.07, 6.45) is 0.333. The van der Waals surface area contributed by atoms with E-state index in [-0.39, 0.29) is 5.78 Å². The normalized spacial score (nSPS) is 17.0. The zero-order chi connectivity index (χ0) is 11.8. The fraction of sp³-hybridized carbons (Fsp3) is 0.364. The second-order valence-electron chi connectivity index (χ2n) is 4.33. The molecule has 16 heavy (non-hydrogen) atoms. The summed E-state index contributed by atoms with van der Waals surface area (Å²) in [5.74, 6) is 0.569. The van der Waals surface area contributed by atoms with Crippen molar-refractivity contribution in [3.05, 3.63) is 34.2 Å². The van der Waals surface area contributed by atoms with Crippen molar-refractivity contribution in [3.8, 4) is 5.75 Å². The Hall–Kier alpha value is -2.00. The summed E-state index contributed by atoms with van der Waals surface area (Å²) in [4.78, 5) is 14.5. The van der Waals surface area contributed by atoms with Crippen molar-refractivity contribution >= 4 is 11.5 Å². The molecule has 0 saturated carbocycles. The van der Waals surface area contributed by atoms with Crippen molar-refractivity contribution in [2.75, 3.05) is 0 Å². The molecule has 2 rings (SSSR count). The summed E-state index contributed by atoms with van der Waals surface area (Å²) in [5.41, 5.74) is 8.77. The molecule has 1 heterocycles. The van der Waals surface area contributed by atoms with Crippen LogP contribution >= 0.6 is 0 Å². The highest BCUT2D eigenvalue weighted by atomic mass is 16.5. The van der Waals surface area contributed by atoms with Crippen LogP contribution in [-0.2, 0) is 0 Å². The van der Waals surface area contributed by atoms with Crippen molar-refractivity contribution in [3.63, 3.8) is 0 Å². The van der Waals surface area contributed by atoms with Gasteiger partial charge in [-0.2, -0.15) is 0 Å². The van der Waals surface area contributed by atoms with Gasteiger partial charge in [-0.1, -0.05) is 5.11 Å². The number of ether oxygens (including phenoxy) is 1. The monoisotopic (exact) mass is 217 g/mol. The molecule has 5 heteroatoms. The molecule has 0 spiro atoms. The van der Waals surface area contributed by atoms with Crippen LogP contribution in [0, 0.1) is 0 Å². The highest BCUT2D eigenvalue weighted by Gasteiger charge is 2.32. The predicted octanol–water partition coefficient (Wildman–Crippen LogP) is 3.37. The molecule has 1 aliphatic rings. The molecule has 0 fully saturated rings. The lowest BCUT2D eigenvalue weighted by atomic mass is 9.93. The Bertz CT molecular complexity index is 502. The Morgan fingerprint density at radius 1 is 1.50 bits per heavy atom. The quantitative estimate of drug-likeness (QED) is 0.410. The van der Waals surface area contributed by atoms with Gasteiger partial charge in [0.2, 0.25) is 0 Å². The van der Waals surface area contributed by atoms with Crippen LogP contribution in [0.5, 0.6) is 5.75 Å². The average molecular weight is 217 g/mol. The predicted molar refractivity (Wildman–Crippen MR) is 58.9 cm³/mol. The third kappa shape index (κ3) is 1.85. The fourth-order valence-electron chi connectivity index (χ4n) is 1.75. The first-order valence-corrected chi connectivity index (χ1v) is 4.93. The van der Waals surface area contributed by atoms with Crippen LogP contribution in [0.2, 0.25) is 0 Å². The Labute approximate surface area is 92.7 Å². The Balaban J connectivity index is 2.49. The van der Waals surface area contributed by atoms with E-state index in [0.29, 0.717) is 23.4 Å². The van der Waals surface area contributed by atoms with Gasteiger partial charge < -0.3 is 4.74 Å². The Morgan fingerprint density at radius 2 is 2.25 bits per heavy atom. The van der Waals surface area contributed by atoms with E-state index >= 15 is 0 Å². The van der Waals surface area contributed by atoms with E-state index < -0.39 is 5.60 Å². The standard InChI is InChI=1S/C11H11N3O2/c1-11(2)6-9(15)8-5-7(13-14-12)3-4-10(8)16-11/h3-5H,6H2,1-2H3. The highest BCUT2D eigenvalue weighted by molar-refractivity contribution is 6.01. The minimum Gasteiger partial charge on any atom is -0.487 e. The highest BCUT2D eigenvalue weighted by Crippen LogP contribution is 2.35. The molecule has 1 aliphatic heterocycles. The van der Waals surface area contributed by atoms with Gasteiger partial charge in [0.15, 0.2) is 5.78 Å². The summed E-state index contributed by atoms with van der Waals surface area (Å²) in [7, 11) is 0. The van der Waals surface area contributed by atoms with E-state index in [0.717, 1.165) is 0 Å². The number of carbonyl (C=O) groups excluding carboxylic acids is 1. The average Bonchev–Trinajstić information content (AvgIpc) is 2.18. The lowest BCUT2D eigenvalue weighted by Gasteiger charge is -2.31. The maximum Gasteiger partial charge on any atom is 0.170 e. The second kappa shape index (κ2) is 3.54. The number of nitrogens with zero attached hydrogens (tertiary/aromatic N) is 3. The van der Waals surface area contributed by atoms with Gasteiger partial charge in [-0.25, -0.2) is 0 Å². The number of ketones is 1. The summed E-state index contributed by atoms with van der Waals surface area (Å²) in [6, 6.07) is 4.86. The molecule has 82 valence electrons. The van der Waals surface area contributed by atoms with Gasteiger partial charge >= 0.3 is 0 Å². The first-order chi connectivity index (χ1) is 7.52. The molecule has 0 radical (unpaired) electrons. The van der Waals surface area contributed by atoms with Gasteiger partial charge in [0.05, 0.1) is 12.0 Å². The van der Waals surface area contributed by atoms with Crippen molar-refractivity contribution in [1.82, 2.24) is 0 Å². The lowest BCUT2D eigenvalue weighted by Crippen LogP contribution is -2.35. The third-order valence-electron chi connectivity index (χ3n) is 2.40. The number of benzene rings is 1. The fourth-order valence-corrected chi connectivity index (χ4v) is 1.75. The summed E-state index contributed by atoms with van der Waals surface area (Å²) in [5, 5.41) is 3.46. The number of carbonyl (C=O) groups is 1. The van der Waals surface area contributed by atoms with E-state index in [1.54, 1.807) is 18.2 Å². The summed E-state index contributed by atoms with van der Waals surface area (Å²) >= 11 is 0. The Kier molecular flexibility index (Phi) is 2.33. The van der Waals surface area contributed by atoms with E-state index in [1.165, 1.54) is 0 Å². The van der Waals surface area contributed by atoms with Crippen molar-refractivity contribution in [2.24, 2.45) is 5.11 Å². The number of hydrogen-bond acceptors (Lipinski definition) is 3. The second-order valence-corrected chi connectivity index (χ2v) is 4.33. The minimum absolute atomic E-state index is 0.0150. The van der Waals surface area contributed by atoms with Crippen LogP contribution < -0.4 is 4.74 Å². The van der Waals surface area contributed by atoms with E-state index in [4.69, 9.17) is 10.3 Å². The summed E-state index contributed by atoms with van der Waals surface area (Å²) in [6.45, 7) is 3.74. The number of fused-ring (bicyclic) bond motifs is 1. The summed E-state index contributed by atoms with van der Waals surface area (Å²) < 4.78 is 5.67. The first kappa shape index (κ1) is 10.5. The third-order valence-corrected chi connectivity index (χ3v) is 2.40. The van der Waals surface area contributed by atoms with Gasteiger partial charge in [0.1, 0.15) is 11.4 Å². The van der Waals surface area contributed by atoms with Crippen molar-refractivity contribution in [2.45, 2.75) is 25.9 Å². The van der Waals surface area contributed by atoms with E-state index in [2.05, 4.69) is 10.0 Å². The van der Waals surface area contributed by atoms with Crippen molar-refractivity contribution in [1.29, 1.82) is 0 Å². The van der Waals surface area contributed by atoms with Gasteiger partial charge in [0.25, 0.3) is 0 Å². The van der Waals surface area contributed by atoms with Crippen LogP contribution in [-0.4, -0.2) is 11.4 Å². The van der Waals surface area contributed by atoms with Gasteiger partial charge in [-0.15, -0.1) is 0 Å². The molecule has 1 aromatic rings. The number of rotatable bonds is 1. The molecular weight excluding hydrogens is 206 g/mol. The maximum absolute atomic E-state index is 11.8. The smallest absolute Gasteiger partial charge is 0.170 e. The number of Topliss-reactive ketones (excluding diaryl/α,β-unsaturated/α-hetero) is 1. The van der Waals surface area contributed by atoms with Crippen LogP contribution in [0.15, 0.2) is 23.3 Å². The largest absolute Gasteiger partial charge is 0.487 e. The molecule has 0 N–H and O–H groups in total.